The van der Waals surface area contributed by atoms with Crippen LogP contribution in [0.2, 0.25) is 0 Å². The number of benzene rings is 1. The summed E-state index contributed by atoms with van der Waals surface area (Å²) in [4.78, 5) is 11.2. The second-order valence-electron chi connectivity index (χ2n) is 3.38. The van der Waals surface area contributed by atoms with Gasteiger partial charge in [0.2, 0.25) is 5.91 Å². The maximum absolute atomic E-state index is 11.2. The normalized spacial score (nSPS) is 12.1. The van der Waals surface area contributed by atoms with Gasteiger partial charge in [0.25, 0.3) is 0 Å². The number of phenolic OH excluding ortho intramolecular Hbond substituents is 1. The largest absolute Gasteiger partial charge is 0.508 e. The zero-order valence-electron chi connectivity index (χ0n) is 8.60. The van der Waals surface area contributed by atoms with Gasteiger partial charge in [-0.25, -0.2) is 0 Å². The summed E-state index contributed by atoms with van der Waals surface area (Å²) in [6.45, 7) is 2.33. The molecule has 3 nitrogen and oxygen atoms in total. The summed E-state index contributed by atoms with van der Waals surface area (Å²) >= 11 is 4.02. The van der Waals surface area contributed by atoms with Gasteiger partial charge in [0.05, 0.1) is 5.25 Å². The van der Waals surface area contributed by atoms with Crippen molar-refractivity contribution in [1.82, 2.24) is 5.32 Å². The summed E-state index contributed by atoms with van der Waals surface area (Å²) in [5, 5.41) is 11.6. The van der Waals surface area contributed by atoms with Crippen LogP contribution in [0.3, 0.4) is 0 Å². The molecule has 82 valence electrons. The predicted octanol–water partition coefficient (Wildman–Crippen LogP) is 1.37. The van der Waals surface area contributed by atoms with Crippen LogP contribution in [0.1, 0.15) is 12.5 Å². The zero-order chi connectivity index (χ0) is 11.3. The van der Waals surface area contributed by atoms with Crippen molar-refractivity contribution in [3.8, 4) is 5.75 Å². The summed E-state index contributed by atoms with van der Waals surface area (Å²) in [7, 11) is 0. The molecule has 0 spiro atoms. The predicted molar refractivity (Wildman–Crippen MR) is 63.3 cm³/mol. The maximum atomic E-state index is 11.2. The van der Waals surface area contributed by atoms with Gasteiger partial charge in [-0.05, 0) is 31.0 Å². The number of hydrogen-bond acceptors (Lipinski definition) is 3. The van der Waals surface area contributed by atoms with Gasteiger partial charge in [-0.2, -0.15) is 12.6 Å². The van der Waals surface area contributed by atoms with Crippen LogP contribution < -0.4 is 5.32 Å². The van der Waals surface area contributed by atoms with Gasteiger partial charge >= 0.3 is 0 Å². The van der Waals surface area contributed by atoms with Crippen molar-refractivity contribution in [2.45, 2.75) is 18.6 Å². The highest BCUT2D eigenvalue weighted by Gasteiger charge is 2.05. The molecule has 0 heterocycles. The van der Waals surface area contributed by atoms with Gasteiger partial charge in [-0.1, -0.05) is 12.1 Å². The number of hydrogen-bond donors (Lipinski definition) is 3. The number of aromatic hydroxyl groups is 1. The van der Waals surface area contributed by atoms with Crippen LogP contribution in [0.15, 0.2) is 24.3 Å². The lowest BCUT2D eigenvalue weighted by molar-refractivity contribution is -0.120. The number of thiol groups is 1. The summed E-state index contributed by atoms with van der Waals surface area (Å²) in [6, 6.07) is 6.95. The molecule has 0 aliphatic heterocycles. The van der Waals surface area contributed by atoms with Crippen molar-refractivity contribution < 1.29 is 9.90 Å². The average Bonchev–Trinajstić information content (AvgIpc) is 2.20. The van der Waals surface area contributed by atoms with E-state index >= 15 is 0 Å². The second-order valence-corrected chi connectivity index (χ2v) is 4.16. The Morgan fingerprint density at radius 1 is 1.47 bits per heavy atom. The van der Waals surface area contributed by atoms with Gasteiger partial charge in [-0.15, -0.1) is 0 Å². The topological polar surface area (TPSA) is 49.3 Å². The quantitative estimate of drug-likeness (QED) is 0.678. The molecule has 1 aromatic rings. The highest BCUT2D eigenvalue weighted by Crippen LogP contribution is 2.09. The molecule has 1 amide bonds. The Kier molecular flexibility index (Phi) is 4.49. The average molecular weight is 225 g/mol. The molecule has 0 fully saturated rings. The van der Waals surface area contributed by atoms with E-state index in [1.165, 1.54) is 0 Å². The van der Waals surface area contributed by atoms with E-state index in [-0.39, 0.29) is 16.9 Å². The summed E-state index contributed by atoms with van der Waals surface area (Å²) in [6.07, 6.45) is 0.756. The fraction of sp³-hybridized carbons (Fsp3) is 0.364. The number of phenols is 1. The Morgan fingerprint density at radius 2 is 2.07 bits per heavy atom. The summed E-state index contributed by atoms with van der Waals surface area (Å²) in [5.74, 6) is 0.198. The first-order chi connectivity index (χ1) is 7.09. The Hall–Kier alpha value is -1.16. The number of amides is 1. The van der Waals surface area contributed by atoms with Gasteiger partial charge in [0.1, 0.15) is 5.75 Å². The molecule has 0 saturated heterocycles. The molecule has 1 aromatic carbocycles. The molecular formula is C11H15NO2S. The lowest BCUT2D eigenvalue weighted by atomic mass is 10.1. The molecule has 0 aromatic heterocycles. The molecule has 1 atom stereocenters. The van der Waals surface area contributed by atoms with E-state index < -0.39 is 0 Å². The standard InChI is InChI=1S/C11H15NO2S/c1-8(15)11(14)12-7-6-9-2-4-10(13)5-3-9/h2-5,8,13,15H,6-7H2,1H3,(H,12,14). The minimum Gasteiger partial charge on any atom is -0.508 e. The van der Waals surface area contributed by atoms with E-state index in [1.807, 2.05) is 12.1 Å². The molecule has 4 heteroatoms. The third-order valence-corrected chi connectivity index (χ3v) is 2.26. The molecule has 2 N–H and O–H groups in total. The molecular weight excluding hydrogens is 210 g/mol. The molecule has 0 aliphatic rings. The molecule has 1 unspecified atom stereocenters. The number of nitrogens with one attached hydrogen (secondary N) is 1. The molecule has 0 saturated carbocycles. The fourth-order valence-electron chi connectivity index (χ4n) is 1.14. The van der Waals surface area contributed by atoms with Gasteiger partial charge in [-0.3, -0.25) is 4.79 Å². The smallest absolute Gasteiger partial charge is 0.232 e. The highest BCUT2D eigenvalue weighted by molar-refractivity contribution is 7.81. The minimum absolute atomic E-state index is 0.0582. The van der Waals surface area contributed by atoms with Crippen LogP contribution in [0.5, 0.6) is 5.75 Å². The van der Waals surface area contributed by atoms with Crippen LogP contribution in [0.25, 0.3) is 0 Å². The van der Waals surface area contributed by atoms with Crippen LogP contribution >= 0.6 is 12.6 Å². The first kappa shape index (κ1) is 11.9. The van der Waals surface area contributed by atoms with E-state index in [2.05, 4.69) is 17.9 Å². The summed E-state index contributed by atoms with van der Waals surface area (Å²) < 4.78 is 0. The van der Waals surface area contributed by atoms with Crippen LogP contribution in [0.4, 0.5) is 0 Å². The van der Waals surface area contributed by atoms with Crippen molar-refractivity contribution in [2.75, 3.05) is 6.54 Å². The molecule has 0 radical (unpaired) electrons. The second kappa shape index (κ2) is 5.66. The van der Waals surface area contributed by atoms with E-state index in [0.717, 1.165) is 12.0 Å². The van der Waals surface area contributed by atoms with Crippen LogP contribution in [-0.2, 0) is 11.2 Å². The van der Waals surface area contributed by atoms with Crippen molar-refractivity contribution in [3.05, 3.63) is 29.8 Å². The number of carbonyl (C=O) groups excluding carboxylic acids is 1. The van der Waals surface area contributed by atoms with Crippen molar-refractivity contribution >= 4 is 18.5 Å². The summed E-state index contributed by atoms with van der Waals surface area (Å²) in [5.41, 5.74) is 1.08. The molecule has 0 aliphatic carbocycles. The van der Waals surface area contributed by atoms with Crippen molar-refractivity contribution in [3.63, 3.8) is 0 Å². The number of carbonyl (C=O) groups is 1. The molecule has 0 bridgehead atoms. The first-order valence-electron chi connectivity index (χ1n) is 4.83. The van der Waals surface area contributed by atoms with Gasteiger partial charge in [0.15, 0.2) is 0 Å². The van der Waals surface area contributed by atoms with E-state index in [0.29, 0.717) is 6.54 Å². The zero-order valence-corrected chi connectivity index (χ0v) is 9.50. The Labute approximate surface area is 94.9 Å². The van der Waals surface area contributed by atoms with Gasteiger partial charge in [0, 0.05) is 6.54 Å². The monoisotopic (exact) mass is 225 g/mol. The maximum Gasteiger partial charge on any atom is 0.232 e. The van der Waals surface area contributed by atoms with Crippen LogP contribution in [0, 0.1) is 0 Å². The lowest BCUT2D eigenvalue weighted by Gasteiger charge is -2.06. The third kappa shape index (κ3) is 4.25. The van der Waals surface area contributed by atoms with Gasteiger partial charge < -0.3 is 10.4 Å². The van der Waals surface area contributed by atoms with Crippen molar-refractivity contribution in [1.29, 1.82) is 0 Å². The third-order valence-electron chi connectivity index (χ3n) is 2.03. The van der Waals surface area contributed by atoms with E-state index in [4.69, 9.17) is 5.11 Å². The highest BCUT2D eigenvalue weighted by atomic mass is 32.1. The van der Waals surface area contributed by atoms with E-state index in [9.17, 15) is 4.79 Å². The Morgan fingerprint density at radius 3 is 2.60 bits per heavy atom. The van der Waals surface area contributed by atoms with E-state index in [1.54, 1.807) is 19.1 Å². The van der Waals surface area contributed by atoms with Crippen molar-refractivity contribution in [2.24, 2.45) is 0 Å². The van der Waals surface area contributed by atoms with Crippen LogP contribution in [-0.4, -0.2) is 22.8 Å². The first-order valence-corrected chi connectivity index (χ1v) is 5.35. The molecule has 1 rings (SSSR count). The Bertz CT molecular complexity index is 322. The Balaban J connectivity index is 2.32. The fourth-order valence-corrected chi connectivity index (χ4v) is 1.23. The molecule has 15 heavy (non-hydrogen) atoms. The SMILES string of the molecule is CC(S)C(=O)NCCc1ccc(O)cc1. The minimum atomic E-state index is -0.273. The number of rotatable bonds is 4. The lowest BCUT2D eigenvalue weighted by Crippen LogP contribution is -2.31.